The van der Waals surface area contributed by atoms with Gasteiger partial charge in [0, 0.05) is 25.9 Å². The molecule has 0 unspecified atom stereocenters. The van der Waals surface area contributed by atoms with Crippen LogP contribution in [0.2, 0.25) is 0 Å². The van der Waals surface area contributed by atoms with Gasteiger partial charge in [0.1, 0.15) is 11.9 Å². The first-order chi connectivity index (χ1) is 14.1. The number of likely N-dealkylation sites (tertiary alicyclic amines) is 1. The highest BCUT2D eigenvalue weighted by atomic mass is 32.1. The summed E-state index contributed by atoms with van der Waals surface area (Å²) in [5.41, 5.74) is 2.87. The summed E-state index contributed by atoms with van der Waals surface area (Å²) < 4.78 is 12.8. The minimum absolute atomic E-state index is 0.0793. The molecule has 1 fully saturated rings. The van der Waals surface area contributed by atoms with Crippen molar-refractivity contribution in [2.24, 2.45) is 0 Å². The van der Waals surface area contributed by atoms with Crippen molar-refractivity contribution in [3.05, 3.63) is 48.0 Å². The van der Waals surface area contributed by atoms with Crippen LogP contribution in [0.3, 0.4) is 0 Å². The van der Waals surface area contributed by atoms with Crippen LogP contribution in [0, 0.1) is 6.92 Å². The van der Waals surface area contributed by atoms with Gasteiger partial charge in [-0.25, -0.2) is 9.78 Å². The smallest absolute Gasteiger partial charge is 0.321 e. The van der Waals surface area contributed by atoms with E-state index in [-0.39, 0.29) is 12.1 Å². The van der Waals surface area contributed by atoms with Gasteiger partial charge in [0.2, 0.25) is 0 Å². The number of anilines is 1. The highest BCUT2D eigenvalue weighted by Gasteiger charge is 2.25. The molecule has 1 aromatic heterocycles. The third kappa shape index (κ3) is 4.45. The molecule has 0 spiro atoms. The van der Waals surface area contributed by atoms with Crippen molar-refractivity contribution >= 4 is 33.3 Å². The largest absolute Gasteiger partial charge is 0.492 e. The maximum absolute atomic E-state index is 12.7. The van der Waals surface area contributed by atoms with Gasteiger partial charge < -0.3 is 19.7 Å². The Balaban J connectivity index is 1.33. The number of aromatic nitrogens is 1. The van der Waals surface area contributed by atoms with Crippen molar-refractivity contribution in [3.63, 3.8) is 0 Å². The lowest BCUT2D eigenvalue weighted by Gasteiger charge is -2.31. The highest BCUT2D eigenvalue weighted by Crippen LogP contribution is 2.31. The van der Waals surface area contributed by atoms with Gasteiger partial charge in [-0.2, -0.15) is 0 Å². The van der Waals surface area contributed by atoms with Crippen LogP contribution in [0.15, 0.2) is 42.5 Å². The first-order valence-electron chi connectivity index (χ1n) is 9.94. The van der Waals surface area contributed by atoms with Gasteiger partial charge in [-0.3, -0.25) is 0 Å². The fourth-order valence-electron chi connectivity index (χ4n) is 3.48. The zero-order valence-electron chi connectivity index (χ0n) is 16.7. The van der Waals surface area contributed by atoms with Crippen LogP contribution in [0.5, 0.6) is 10.9 Å². The average Bonchev–Trinajstić information content (AvgIpc) is 3.14. The minimum atomic E-state index is -0.105. The molecule has 152 valence electrons. The van der Waals surface area contributed by atoms with Crippen LogP contribution in [-0.2, 0) is 0 Å². The summed E-state index contributed by atoms with van der Waals surface area (Å²) in [6.45, 7) is 5.85. The van der Waals surface area contributed by atoms with Crippen LogP contribution in [0.25, 0.3) is 10.2 Å². The van der Waals surface area contributed by atoms with E-state index in [0.29, 0.717) is 36.3 Å². The number of fused-ring (bicyclic) bond motifs is 1. The minimum Gasteiger partial charge on any atom is -0.492 e. The predicted octanol–water partition coefficient (Wildman–Crippen LogP) is 5.08. The summed E-state index contributed by atoms with van der Waals surface area (Å²) in [5, 5.41) is 3.68. The number of amides is 2. The summed E-state index contributed by atoms with van der Waals surface area (Å²) >= 11 is 1.58. The molecule has 1 N–H and O–H groups in total. The van der Waals surface area contributed by atoms with E-state index in [0.717, 1.165) is 28.6 Å². The van der Waals surface area contributed by atoms with E-state index < -0.39 is 0 Å². The lowest BCUT2D eigenvalue weighted by Crippen LogP contribution is -2.43. The number of nitrogens with one attached hydrogen (secondary N) is 1. The Morgan fingerprint density at radius 1 is 1.21 bits per heavy atom. The van der Waals surface area contributed by atoms with E-state index in [1.807, 2.05) is 42.2 Å². The van der Waals surface area contributed by atoms with Crippen molar-refractivity contribution < 1.29 is 14.3 Å². The zero-order valence-corrected chi connectivity index (χ0v) is 17.5. The number of carbonyl (C=O) groups excluding carboxylic acids is 1. The molecule has 29 heavy (non-hydrogen) atoms. The number of carbonyl (C=O) groups is 1. The number of rotatable bonds is 5. The Morgan fingerprint density at radius 2 is 2.00 bits per heavy atom. The number of nitrogens with zero attached hydrogens (tertiary/aromatic N) is 2. The van der Waals surface area contributed by atoms with E-state index in [4.69, 9.17) is 9.47 Å². The molecular formula is C22H25N3O3S. The Labute approximate surface area is 174 Å². The first-order valence-corrected chi connectivity index (χ1v) is 10.8. The molecule has 6 nitrogen and oxygen atoms in total. The van der Waals surface area contributed by atoms with Crippen LogP contribution in [0.4, 0.5) is 10.5 Å². The van der Waals surface area contributed by atoms with Gasteiger partial charge >= 0.3 is 6.03 Å². The molecule has 1 aliphatic heterocycles. The Morgan fingerprint density at radius 3 is 2.76 bits per heavy atom. The fraction of sp³-hybridized carbons (Fsp3) is 0.364. The van der Waals surface area contributed by atoms with Crippen LogP contribution in [-0.4, -0.2) is 41.7 Å². The van der Waals surface area contributed by atoms with Crippen molar-refractivity contribution in [2.45, 2.75) is 32.8 Å². The summed E-state index contributed by atoms with van der Waals surface area (Å²) in [6.07, 6.45) is 1.65. The van der Waals surface area contributed by atoms with E-state index in [1.165, 1.54) is 0 Å². The molecule has 0 saturated carbocycles. The summed E-state index contributed by atoms with van der Waals surface area (Å²) in [6, 6.07) is 13.6. The Bertz CT molecular complexity index is 996. The van der Waals surface area contributed by atoms with Gasteiger partial charge in [-0.1, -0.05) is 35.6 Å². The van der Waals surface area contributed by atoms with Crippen molar-refractivity contribution in [1.82, 2.24) is 9.88 Å². The number of piperidine rings is 1. The summed E-state index contributed by atoms with van der Waals surface area (Å²) in [5.74, 6) is 0.688. The van der Waals surface area contributed by atoms with Crippen LogP contribution < -0.4 is 14.8 Å². The Kier molecular flexibility index (Phi) is 5.85. The molecule has 0 atom stereocenters. The third-order valence-corrected chi connectivity index (χ3v) is 5.94. The van der Waals surface area contributed by atoms with Gasteiger partial charge in [-0.05, 0) is 37.6 Å². The van der Waals surface area contributed by atoms with Crippen molar-refractivity contribution in [3.8, 4) is 10.9 Å². The molecule has 0 bridgehead atoms. The topological polar surface area (TPSA) is 63.7 Å². The summed E-state index contributed by atoms with van der Waals surface area (Å²) in [4.78, 5) is 19.1. The SMILES string of the molecule is CCOc1ccccc1NC(=O)N1CCC(Oc2nc3c(C)cccc3s2)CC1. The Hall–Kier alpha value is -2.80. The maximum atomic E-state index is 12.7. The number of urea groups is 1. The number of aryl methyl sites for hydroxylation is 1. The molecule has 2 heterocycles. The van der Waals surface area contributed by atoms with Crippen LogP contribution >= 0.6 is 11.3 Å². The molecule has 0 aliphatic carbocycles. The fourth-order valence-corrected chi connectivity index (χ4v) is 4.44. The van der Waals surface area contributed by atoms with Gasteiger partial charge in [-0.15, -0.1) is 0 Å². The van der Waals surface area contributed by atoms with E-state index in [1.54, 1.807) is 11.3 Å². The number of para-hydroxylation sites is 3. The summed E-state index contributed by atoms with van der Waals surface area (Å²) in [7, 11) is 0. The van der Waals surface area contributed by atoms with Gasteiger partial charge in [0.25, 0.3) is 5.19 Å². The number of thiazole rings is 1. The number of benzene rings is 2. The molecule has 1 aliphatic rings. The van der Waals surface area contributed by atoms with Crippen molar-refractivity contribution in [1.29, 1.82) is 0 Å². The van der Waals surface area contributed by atoms with Crippen LogP contribution in [0.1, 0.15) is 25.3 Å². The van der Waals surface area contributed by atoms with Gasteiger partial charge in [0.15, 0.2) is 0 Å². The monoisotopic (exact) mass is 411 g/mol. The molecule has 4 rings (SSSR count). The van der Waals surface area contributed by atoms with E-state index >= 15 is 0 Å². The zero-order chi connectivity index (χ0) is 20.2. The average molecular weight is 412 g/mol. The molecule has 2 aromatic carbocycles. The van der Waals surface area contributed by atoms with E-state index in [2.05, 4.69) is 29.4 Å². The first kappa shape index (κ1) is 19.5. The quantitative estimate of drug-likeness (QED) is 0.636. The van der Waals surface area contributed by atoms with E-state index in [9.17, 15) is 4.79 Å². The predicted molar refractivity (Wildman–Crippen MR) is 116 cm³/mol. The second-order valence-corrected chi connectivity index (χ2v) is 8.06. The number of hydrogen-bond acceptors (Lipinski definition) is 5. The molecule has 1 saturated heterocycles. The molecular weight excluding hydrogens is 386 g/mol. The maximum Gasteiger partial charge on any atom is 0.321 e. The second kappa shape index (κ2) is 8.69. The lowest BCUT2D eigenvalue weighted by atomic mass is 10.1. The second-order valence-electron chi connectivity index (χ2n) is 7.07. The van der Waals surface area contributed by atoms with Crippen molar-refractivity contribution in [2.75, 3.05) is 25.0 Å². The number of hydrogen-bond donors (Lipinski definition) is 1. The number of ether oxygens (including phenoxy) is 2. The normalized spacial score (nSPS) is 14.8. The molecule has 0 radical (unpaired) electrons. The lowest BCUT2D eigenvalue weighted by molar-refractivity contribution is 0.115. The third-order valence-electron chi connectivity index (χ3n) is 5.03. The highest BCUT2D eigenvalue weighted by molar-refractivity contribution is 7.20. The molecule has 3 aromatic rings. The standard InChI is InChI=1S/C22H25N3O3S/c1-3-27-18-9-5-4-8-17(18)23-21(26)25-13-11-16(12-14-25)28-22-24-20-15(2)7-6-10-19(20)29-22/h4-10,16H,3,11-14H2,1-2H3,(H,23,26). The van der Waals surface area contributed by atoms with Gasteiger partial charge in [0.05, 0.1) is 22.5 Å². The molecule has 2 amide bonds. The molecule has 7 heteroatoms.